The van der Waals surface area contributed by atoms with Gasteiger partial charge in [0, 0.05) is 0 Å². The summed E-state index contributed by atoms with van der Waals surface area (Å²) in [6.45, 7) is 2.05. The molecule has 1 aliphatic rings. The second-order valence-corrected chi connectivity index (χ2v) is 6.69. The van der Waals surface area contributed by atoms with Crippen LogP contribution in [0.15, 0.2) is 18.2 Å². The third-order valence-corrected chi connectivity index (χ3v) is 4.74. The van der Waals surface area contributed by atoms with Gasteiger partial charge in [0.2, 0.25) is 15.9 Å². The zero-order valence-corrected chi connectivity index (χ0v) is 11.9. The number of amides is 1. The minimum atomic E-state index is -3.51. The lowest BCUT2D eigenvalue weighted by molar-refractivity contribution is -0.119. The molecule has 104 valence electrons. The van der Waals surface area contributed by atoms with E-state index in [4.69, 9.17) is 0 Å². The summed E-state index contributed by atoms with van der Waals surface area (Å²) in [5, 5.41) is 2.79. The van der Waals surface area contributed by atoms with Crippen molar-refractivity contribution >= 4 is 15.9 Å². The monoisotopic (exact) mass is 282 g/mol. The lowest BCUT2D eigenvalue weighted by Crippen LogP contribution is -2.36. The second-order valence-electron chi connectivity index (χ2n) is 4.76. The van der Waals surface area contributed by atoms with Gasteiger partial charge in [-0.2, -0.15) is 0 Å². The highest BCUT2D eigenvalue weighted by molar-refractivity contribution is 7.90. The number of carbonyl (C=O) groups is 1. The number of sulfonamides is 1. The highest BCUT2D eigenvalue weighted by Crippen LogP contribution is 2.32. The highest BCUT2D eigenvalue weighted by Gasteiger charge is 2.26. The standard InChI is InChI=1S/C13H18N2O3S/c1-9-4-3-5-11-10(9)6-7-12(11)15-13(16)8-19(17,18)14-2/h3-5,12,14H,6-8H2,1-2H3,(H,15,16)/t12-/m0/s1. The van der Waals surface area contributed by atoms with Crippen molar-refractivity contribution < 1.29 is 13.2 Å². The van der Waals surface area contributed by atoms with Crippen LogP contribution in [0.1, 0.15) is 29.2 Å². The van der Waals surface area contributed by atoms with Crippen LogP contribution in [-0.4, -0.2) is 27.1 Å². The maximum absolute atomic E-state index is 11.7. The fourth-order valence-electron chi connectivity index (χ4n) is 2.47. The Morgan fingerprint density at radius 3 is 2.84 bits per heavy atom. The van der Waals surface area contributed by atoms with Crippen LogP contribution in [0.25, 0.3) is 0 Å². The molecule has 0 saturated carbocycles. The van der Waals surface area contributed by atoms with Gasteiger partial charge in [-0.3, -0.25) is 4.79 Å². The van der Waals surface area contributed by atoms with E-state index in [-0.39, 0.29) is 6.04 Å². The molecule has 0 aliphatic heterocycles. The molecule has 0 saturated heterocycles. The summed E-state index contributed by atoms with van der Waals surface area (Å²) in [4.78, 5) is 11.7. The van der Waals surface area contributed by atoms with Crippen LogP contribution in [0.3, 0.4) is 0 Å². The topological polar surface area (TPSA) is 75.3 Å². The zero-order valence-electron chi connectivity index (χ0n) is 11.1. The highest BCUT2D eigenvalue weighted by atomic mass is 32.2. The normalized spacial score (nSPS) is 18.1. The van der Waals surface area contributed by atoms with E-state index < -0.39 is 21.7 Å². The summed E-state index contributed by atoms with van der Waals surface area (Å²) in [7, 11) is -2.21. The molecule has 0 radical (unpaired) electrons. The Kier molecular flexibility index (Phi) is 3.91. The Morgan fingerprint density at radius 1 is 1.42 bits per heavy atom. The molecule has 1 amide bonds. The largest absolute Gasteiger partial charge is 0.348 e. The molecule has 2 N–H and O–H groups in total. The molecule has 1 aromatic rings. The van der Waals surface area contributed by atoms with Gasteiger partial charge in [0.1, 0.15) is 5.75 Å². The lowest BCUT2D eigenvalue weighted by atomic mass is 10.0. The maximum Gasteiger partial charge on any atom is 0.237 e. The van der Waals surface area contributed by atoms with Crippen molar-refractivity contribution in [1.29, 1.82) is 0 Å². The first kappa shape index (κ1) is 14.0. The zero-order chi connectivity index (χ0) is 14.0. The first-order valence-corrected chi connectivity index (χ1v) is 7.87. The first-order valence-electron chi connectivity index (χ1n) is 6.22. The van der Waals surface area contributed by atoms with Gasteiger partial charge in [0.25, 0.3) is 0 Å². The van der Waals surface area contributed by atoms with Crippen LogP contribution in [0, 0.1) is 6.92 Å². The molecule has 0 heterocycles. The molecule has 6 heteroatoms. The summed E-state index contributed by atoms with van der Waals surface area (Å²) in [5.74, 6) is -0.991. The lowest BCUT2D eigenvalue weighted by Gasteiger charge is -2.14. The third-order valence-electron chi connectivity index (χ3n) is 3.47. The number of fused-ring (bicyclic) bond motifs is 1. The summed E-state index contributed by atoms with van der Waals surface area (Å²) in [6.07, 6.45) is 1.75. The van der Waals surface area contributed by atoms with Crippen LogP contribution in [0.4, 0.5) is 0 Å². The average Bonchev–Trinajstić information content (AvgIpc) is 2.73. The molecule has 1 aliphatic carbocycles. The maximum atomic E-state index is 11.7. The summed E-state index contributed by atoms with van der Waals surface area (Å²) >= 11 is 0. The average molecular weight is 282 g/mol. The van der Waals surface area contributed by atoms with Gasteiger partial charge in [0.15, 0.2) is 0 Å². The number of benzene rings is 1. The second kappa shape index (κ2) is 5.30. The van der Waals surface area contributed by atoms with Crippen molar-refractivity contribution in [3.8, 4) is 0 Å². The Hall–Kier alpha value is -1.40. The number of nitrogens with one attached hydrogen (secondary N) is 2. The molecule has 19 heavy (non-hydrogen) atoms. The minimum Gasteiger partial charge on any atom is -0.348 e. The molecule has 0 aromatic heterocycles. The van der Waals surface area contributed by atoms with E-state index in [2.05, 4.69) is 23.0 Å². The van der Waals surface area contributed by atoms with Gasteiger partial charge < -0.3 is 5.32 Å². The van der Waals surface area contributed by atoms with Crippen molar-refractivity contribution in [2.45, 2.75) is 25.8 Å². The molecule has 0 bridgehead atoms. The predicted molar refractivity (Wildman–Crippen MR) is 73.2 cm³/mol. The van der Waals surface area contributed by atoms with Crippen molar-refractivity contribution in [2.24, 2.45) is 0 Å². The van der Waals surface area contributed by atoms with E-state index >= 15 is 0 Å². The smallest absolute Gasteiger partial charge is 0.237 e. The number of carbonyl (C=O) groups excluding carboxylic acids is 1. The minimum absolute atomic E-state index is 0.0746. The fourth-order valence-corrected chi connectivity index (χ4v) is 3.04. The molecule has 0 unspecified atom stereocenters. The van der Waals surface area contributed by atoms with E-state index in [1.165, 1.54) is 18.2 Å². The quantitative estimate of drug-likeness (QED) is 0.851. The van der Waals surface area contributed by atoms with Crippen molar-refractivity contribution in [3.05, 3.63) is 34.9 Å². The Labute approximate surface area is 113 Å². The molecule has 1 aromatic carbocycles. The molecular weight excluding hydrogens is 264 g/mol. The van der Waals surface area contributed by atoms with E-state index in [9.17, 15) is 13.2 Å². The Balaban J connectivity index is 2.08. The Bertz CT molecular complexity index is 596. The number of hydrogen-bond donors (Lipinski definition) is 2. The third kappa shape index (κ3) is 3.13. The predicted octanol–water partition coefficient (Wildman–Crippen LogP) is 0.648. The van der Waals surface area contributed by atoms with Crippen LogP contribution >= 0.6 is 0 Å². The van der Waals surface area contributed by atoms with Crippen molar-refractivity contribution in [1.82, 2.24) is 10.0 Å². The summed E-state index contributed by atoms with van der Waals surface area (Å²) in [5.41, 5.74) is 3.59. The van der Waals surface area contributed by atoms with Gasteiger partial charge in [-0.05, 0) is 43.5 Å². The summed E-state index contributed by atoms with van der Waals surface area (Å²) < 4.78 is 24.8. The fraction of sp³-hybridized carbons (Fsp3) is 0.462. The van der Waals surface area contributed by atoms with Gasteiger partial charge in [-0.1, -0.05) is 18.2 Å². The van der Waals surface area contributed by atoms with Crippen LogP contribution in [0.2, 0.25) is 0 Å². The molecule has 0 fully saturated rings. The van der Waals surface area contributed by atoms with Gasteiger partial charge >= 0.3 is 0 Å². The SMILES string of the molecule is CNS(=O)(=O)CC(=O)N[C@H]1CCc2c(C)cccc21. The van der Waals surface area contributed by atoms with E-state index in [1.807, 2.05) is 12.1 Å². The van der Waals surface area contributed by atoms with Gasteiger partial charge in [-0.25, -0.2) is 13.1 Å². The van der Waals surface area contributed by atoms with E-state index in [0.29, 0.717) is 0 Å². The number of hydrogen-bond acceptors (Lipinski definition) is 3. The van der Waals surface area contributed by atoms with Crippen molar-refractivity contribution in [2.75, 3.05) is 12.8 Å². The van der Waals surface area contributed by atoms with E-state index in [1.54, 1.807) is 0 Å². The van der Waals surface area contributed by atoms with Crippen molar-refractivity contribution in [3.63, 3.8) is 0 Å². The van der Waals surface area contributed by atoms with Crippen LogP contribution < -0.4 is 10.0 Å². The summed E-state index contributed by atoms with van der Waals surface area (Å²) in [6, 6.07) is 5.93. The molecular formula is C13H18N2O3S. The molecule has 0 spiro atoms. The molecule has 1 atom stereocenters. The molecule has 2 rings (SSSR count). The van der Waals surface area contributed by atoms with Crippen LogP contribution in [-0.2, 0) is 21.2 Å². The number of aryl methyl sites for hydroxylation is 1. The van der Waals surface area contributed by atoms with Gasteiger partial charge in [0.05, 0.1) is 6.04 Å². The Morgan fingerprint density at radius 2 is 2.16 bits per heavy atom. The first-order chi connectivity index (χ1) is 8.93. The number of rotatable bonds is 4. The van der Waals surface area contributed by atoms with E-state index in [0.717, 1.165) is 18.4 Å². The molecule has 5 nitrogen and oxygen atoms in total. The van der Waals surface area contributed by atoms with Crippen LogP contribution in [0.5, 0.6) is 0 Å². The van der Waals surface area contributed by atoms with Gasteiger partial charge in [-0.15, -0.1) is 0 Å².